The van der Waals surface area contributed by atoms with Gasteiger partial charge in [-0.05, 0) is 91.9 Å². The molecule has 1 aliphatic heterocycles. The number of nitrogens with one attached hydrogen (secondary N) is 2. The number of benzene rings is 1. The lowest BCUT2D eigenvalue weighted by molar-refractivity contribution is -0.124. The average molecular weight is 439 g/mol. The third-order valence-corrected chi connectivity index (χ3v) is 9.58. The first kappa shape index (κ1) is 21.7. The standard InChI is InChI=1S/C27H35FN2O2/c1-26-15-13-21-19(8-10-22-27(21,2)16-14-25(32)30-22)20(26)9-11-23(26)29-24(31)12-5-17-3-6-18(28)7-4-17/h3-4,6-7,14,16,19-23H,5,8-13,15H2,1-2H3,(H,29,31)(H,30,32)/t19-,20-,21+,22?,23?,26-,27+/m0/s1. The molecule has 2 amide bonds. The number of hydrogen-bond acceptors (Lipinski definition) is 2. The Balaban J connectivity index is 1.25. The van der Waals surface area contributed by atoms with Crippen molar-refractivity contribution in [2.45, 2.75) is 77.3 Å². The molecular formula is C27H35FN2O2. The average Bonchev–Trinajstić information content (AvgIpc) is 3.10. The number of fused-ring (bicyclic) bond motifs is 5. The summed E-state index contributed by atoms with van der Waals surface area (Å²) in [7, 11) is 0. The van der Waals surface area contributed by atoms with Crippen LogP contribution in [0.2, 0.25) is 0 Å². The monoisotopic (exact) mass is 438 g/mol. The lowest BCUT2D eigenvalue weighted by atomic mass is 9.48. The Morgan fingerprint density at radius 2 is 1.88 bits per heavy atom. The molecule has 2 unspecified atom stereocenters. The summed E-state index contributed by atoms with van der Waals surface area (Å²) in [6.07, 6.45) is 11.8. The summed E-state index contributed by atoms with van der Waals surface area (Å²) < 4.78 is 13.1. The van der Waals surface area contributed by atoms with Gasteiger partial charge in [0.2, 0.25) is 11.8 Å². The van der Waals surface area contributed by atoms with Gasteiger partial charge in [0.1, 0.15) is 5.82 Å². The van der Waals surface area contributed by atoms with Crippen LogP contribution >= 0.6 is 0 Å². The van der Waals surface area contributed by atoms with Crippen molar-refractivity contribution in [2.24, 2.45) is 28.6 Å². The van der Waals surface area contributed by atoms with E-state index in [1.165, 1.54) is 25.0 Å². The smallest absolute Gasteiger partial charge is 0.243 e. The second-order valence-electron chi connectivity index (χ2n) is 11.1. The van der Waals surface area contributed by atoms with Crippen molar-refractivity contribution < 1.29 is 14.0 Å². The molecule has 172 valence electrons. The molecule has 0 saturated heterocycles. The van der Waals surface area contributed by atoms with Crippen molar-refractivity contribution in [1.82, 2.24) is 10.6 Å². The highest BCUT2D eigenvalue weighted by atomic mass is 19.1. The van der Waals surface area contributed by atoms with E-state index in [4.69, 9.17) is 0 Å². The van der Waals surface area contributed by atoms with Crippen LogP contribution in [-0.4, -0.2) is 23.9 Å². The van der Waals surface area contributed by atoms with Gasteiger partial charge in [0.25, 0.3) is 0 Å². The first-order valence-corrected chi connectivity index (χ1v) is 12.3. The predicted molar refractivity (Wildman–Crippen MR) is 122 cm³/mol. The van der Waals surface area contributed by atoms with Crippen molar-refractivity contribution in [3.05, 3.63) is 47.8 Å². The van der Waals surface area contributed by atoms with Gasteiger partial charge in [-0.25, -0.2) is 4.39 Å². The molecule has 32 heavy (non-hydrogen) atoms. The molecule has 4 nitrogen and oxygen atoms in total. The van der Waals surface area contributed by atoms with E-state index in [1.807, 2.05) is 0 Å². The Bertz CT molecular complexity index is 928. The van der Waals surface area contributed by atoms with Gasteiger partial charge in [-0.1, -0.05) is 32.1 Å². The van der Waals surface area contributed by atoms with Crippen molar-refractivity contribution in [1.29, 1.82) is 0 Å². The SMILES string of the molecule is C[C@]12C=CC(=O)NC1CC[C@@H]1[C@H]2CC[C@]2(C)C(NC(=O)CCc3ccc(F)cc3)CC[C@@H]12. The Morgan fingerprint density at radius 1 is 1.09 bits per heavy atom. The summed E-state index contributed by atoms with van der Waals surface area (Å²) in [5.41, 5.74) is 1.20. The van der Waals surface area contributed by atoms with E-state index in [0.29, 0.717) is 30.6 Å². The lowest BCUT2D eigenvalue weighted by Gasteiger charge is -2.58. The molecule has 1 aromatic carbocycles. The third kappa shape index (κ3) is 3.58. The van der Waals surface area contributed by atoms with Crippen LogP contribution in [0.3, 0.4) is 0 Å². The molecule has 1 heterocycles. The number of carbonyl (C=O) groups is 2. The molecule has 2 N–H and O–H groups in total. The van der Waals surface area contributed by atoms with Crippen LogP contribution in [0, 0.1) is 34.4 Å². The van der Waals surface area contributed by atoms with Crippen LogP contribution in [0.1, 0.15) is 64.4 Å². The van der Waals surface area contributed by atoms with Gasteiger partial charge in [-0.2, -0.15) is 0 Å². The zero-order valence-corrected chi connectivity index (χ0v) is 19.2. The van der Waals surface area contributed by atoms with E-state index >= 15 is 0 Å². The van der Waals surface area contributed by atoms with Crippen LogP contribution in [0.25, 0.3) is 0 Å². The molecule has 5 rings (SSSR count). The molecule has 1 aromatic rings. The van der Waals surface area contributed by atoms with E-state index in [0.717, 1.165) is 31.2 Å². The summed E-state index contributed by atoms with van der Waals surface area (Å²) in [6, 6.07) is 6.92. The molecule has 7 atom stereocenters. The molecule has 3 fully saturated rings. The largest absolute Gasteiger partial charge is 0.353 e. The van der Waals surface area contributed by atoms with Gasteiger partial charge < -0.3 is 10.6 Å². The van der Waals surface area contributed by atoms with Crippen molar-refractivity contribution in [2.75, 3.05) is 0 Å². The van der Waals surface area contributed by atoms with Gasteiger partial charge in [-0.3, -0.25) is 9.59 Å². The second-order valence-corrected chi connectivity index (χ2v) is 11.1. The fourth-order valence-corrected chi connectivity index (χ4v) is 7.75. The van der Waals surface area contributed by atoms with Crippen molar-refractivity contribution in [3.63, 3.8) is 0 Å². The highest BCUT2D eigenvalue weighted by molar-refractivity contribution is 5.89. The Morgan fingerprint density at radius 3 is 2.66 bits per heavy atom. The number of aryl methyl sites for hydroxylation is 1. The van der Waals surface area contributed by atoms with E-state index < -0.39 is 0 Å². The summed E-state index contributed by atoms with van der Waals surface area (Å²) in [4.78, 5) is 24.7. The van der Waals surface area contributed by atoms with E-state index in [2.05, 4.69) is 30.6 Å². The molecular weight excluding hydrogens is 403 g/mol. The topological polar surface area (TPSA) is 58.2 Å². The predicted octanol–water partition coefficient (Wildman–Crippen LogP) is 4.54. The highest BCUT2D eigenvalue weighted by Gasteiger charge is 2.59. The van der Waals surface area contributed by atoms with Crippen LogP contribution in [-0.2, 0) is 16.0 Å². The second kappa shape index (κ2) is 8.00. The minimum absolute atomic E-state index is 0.0502. The molecule has 0 aromatic heterocycles. The number of halogens is 1. The molecule has 3 aliphatic carbocycles. The minimum Gasteiger partial charge on any atom is -0.353 e. The van der Waals surface area contributed by atoms with Crippen molar-refractivity contribution >= 4 is 11.8 Å². The Kier molecular flexibility index (Phi) is 5.42. The number of amides is 2. The van der Waals surface area contributed by atoms with Gasteiger partial charge in [-0.15, -0.1) is 0 Å². The molecule has 4 aliphatic rings. The summed E-state index contributed by atoms with van der Waals surface area (Å²) in [6.45, 7) is 4.75. The Hall–Kier alpha value is -2.17. The number of carbonyl (C=O) groups excluding carboxylic acids is 2. The van der Waals surface area contributed by atoms with Crippen LogP contribution < -0.4 is 10.6 Å². The maximum Gasteiger partial charge on any atom is 0.243 e. The third-order valence-electron chi connectivity index (χ3n) is 9.58. The minimum atomic E-state index is -0.243. The fourth-order valence-electron chi connectivity index (χ4n) is 7.75. The van der Waals surface area contributed by atoms with Crippen LogP contribution in [0.15, 0.2) is 36.4 Å². The van der Waals surface area contributed by atoms with Crippen molar-refractivity contribution in [3.8, 4) is 0 Å². The summed E-state index contributed by atoms with van der Waals surface area (Å²) in [5.74, 6) is 1.81. The number of rotatable bonds is 4. The quantitative estimate of drug-likeness (QED) is 0.725. The van der Waals surface area contributed by atoms with Gasteiger partial charge in [0.15, 0.2) is 0 Å². The highest BCUT2D eigenvalue weighted by Crippen LogP contribution is 2.63. The molecule has 0 bridgehead atoms. The van der Waals surface area contributed by atoms with E-state index in [1.54, 1.807) is 18.2 Å². The van der Waals surface area contributed by atoms with Gasteiger partial charge in [0, 0.05) is 23.9 Å². The van der Waals surface area contributed by atoms with Crippen LogP contribution in [0.5, 0.6) is 0 Å². The normalized spacial score (nSPS) is 40.1. The van der Waals surface area contributed by atoms with Crippen LogP contribution in [0.4, 0.5) is 4.39 Å². The molecule has 0 spiro atoms. The molecule has 5 heteroatoms. The number of hydrogen-bond donors (Lipinski definition) is 2. The zero-order chi connectivity index (χ0) is 22.5. The van der Waals surface area contributed by atoms with Gasteiger partial charge in [0.05, 0.1) is 0 Å². The molecule has 3 saturated carbocycles. The van der Waals surface area contributed by atoms with E-state index in [9.17, 15) is 14.0 Å². The summed E-state index contributed by atoms with van der Waals surface area (Å²) >= 11 is 0. The molecule has 0 radical (unpaired) electrons. The maximum absolute atomic E-state index is 13.1. The van der Waals surface area contributed by atoms with E-state index in [-0.39, 0.29) is 40.5 Å². The fraction of sp³-hybridized carbons (Fsp3) is 0.630. The summed E-state index contributed by atoms with van der Waals surface area (Å²) in [5, 5.41) is 6.61. The first-order chi connectivity index (χ1) is 15.3. The maximum atomic E-state index is 13.1. The van der Waals surface area contributed by atoms with Gasteiger partial charge >= 0.3 is 0 Å². The lowest BCUT2D eigenvalue weighted by Crippen LogP contribution is -2.60. The zero-order valence-electron chi connectivity index (χ0n) is 19.2. The first-order valence-electron chi connectivity index (χ1n) is 12.3. The Labute approximate surface area is 190 Å².